The first-order valence-electron chi connectivity index (χ1n) is 10.2. The molecule has 174 valence electrons. The molecule has 3 aromatic rings. The molecular formula is C23H21BrCl2N2O4S. The van der Waals surface area contributed by atoms with Gasteiger partial charge in [-0.15, -0.1) is 0 Å². The van der Waals surface area contributed by atoms with Gasteiger partial charge in [0.25, 0.3) is 0 Å². The van der Waals surface area contributed by atoms with Gasteiger partial charge in [0.1, 0.15) is 11.5 Å². The highest BCUT2D eigenvalue weighted by Crippen LogP contribution is 2.33. The van der Waals surface area contributed by atoms with E-state index in [2.05, 4.69) is 25.6 Å². The van der Waals surface area contributed by atoms with Crippen molar-refractivity contribution < 1.29 is 18.3 Å². The van der Waals surface area contributed by atoms with Crippen molar-refractivity contribution in [3.63, 3.8) is 0 Å². The van der Waals surface area contributed by atoms with Crippen LogP contribution in [0.2, 0.25) is 10.0 Å². The lowest BCUT2D eigenvalue weighted by atomic mass is 9.91. The molecule has 1 aliphatic carbocycles. The summed E-state index contributed by atoms with van der Waals surface area (Å²) in [6.45, 7) is 0.191. The van der Waals surface area contributed by atoms with Crippen LogP contribution < -0.4 is 9.46 Å². The summed E-state index contributed by atoms with van der Waals surface area (Å²) >= 11 is 16.1. The fourth-order valence-electron chi connectivity index (χ4n) is 3.50. The zero-order valence-corrected chi connectivity index (χ0v) is 21.3. The number of aromatic nitrogens is 1. The molecule has 1 aliphatic rings. The Bertz CT molecular complexity index is 1230. The number of aliphatic hydroxyl groups excluding tert-OH is 1. The smallest absolute Gasteiger partial charge is 0.244 e. The maximum absolute atomic E-state index is 13.2. The number of hydrogen-bond acceptors (Lipinski definition) is 5. The van der Waals surface area contributed by atoms with E-state index >= 15 is 0 Å². The van der Waals surface area contributed by atoms with Gasteiger partial charge in [-0.05, 0) is 42.2 Å². The number of nitrogens with one attached hydrogen (secondary N) is 1. The number of pyridine rings is 1. The first-order chi connectivity index (χ1) is 15.7. The Labute approximate surface area is 211 Å². The second kappa shape index (κ2) is 10.3. The van der Waals surface area contributed by atoms with E-state index in [9.17, 15) is 13.5 Å². The van der Waals surface area contributed by atoms with Crippen LogP contribution >= 0.6 is 39.1 Å². The lowest BCUT2D eigenvalue weighted by Gasteiger charge is -2.31. The second-order valence-corrected chi connectivity index (χ2v) is 11.3. The Kier molecular flexibility index (Phi) is 7.63. The maximum atomic E-state index is 13.2. The summed E-state index contributed by atoms with van der Waals surface area (Å²) in [6.07, 6.45) is 1.92. The monoisotopic (exact) mass is 570 g/mol. The molecule has 0 radical (unpaired) electrons. The molecule has 4 rings (SSSR count). The molecule has 1 saturated carbocycles. The van der Waals surface area contributed by atoms with Crippen LogP contribution in [0.5, 0.6) is 5.75 Å². The van der Waals surface area contributed by atoms with Crippen molar-refractivity contribution in [3.05, 3.63) is 86.1 Å². The van der Waals surface area contributed by atoms with Crippen LogP contribution in [0.4, 0.5) is 0 Å². The fraction of sp³-hybridized carbons (Fsp3) is 0.261. The van der Waals surface area contributed by atoms with E-state index in [0.717, 1.165) is 10.0 Å². The van der Waals surface area contributed by atoms with Crippen molar-refractivity contribution in [1.82, 2.24) is 9.71 Å². The largest absolute Gasteiger partial charge is 0.486 e. The second-order valence-electron chi connectivity index (χ2n) is 7.86. The van der Waals surface area contributed by atoms with Crippen LogP contribution in [0.15, 0.2) is 64.1 Å². The summed E-state index contributed by atoms with van der Waals surface area (Å²) < 4.78 is 35.6. The van der Waals surface area contributed by atoms with E-state index in [-0.39, 0.29) is 29.7 Å². The van der Waals surface area contributed by atoms with Gasteiger partial charge in [-0.3, -0.25) is 4.98 Å². The molecule has 0 bridgehead atoms. The molecule has 10 heteroatoms. The van der Waals surface area contributed by atoms with Crippen molar-refractivity contribution in [2.75, 3.05) is 0 Å². The summed E-state index contributed by atoms with van der Waals surface area (Å²) in [7, 11) is -3.92. The SMILES string of the molecule is O=S(=O)(N[C@H]1C[C@H](O)C1)c1cc(Cc2c(Cl)cc(Br)cc2Cl)ncc1OCc1ccccc1. The summed E-state index contributed by atoms with van der Waals surface area (Å²) in [5.41, 5.74) is 2.01. The minimum Gasteiger partial charge on any atom is -0.486 e. The van der Waals surface area contributed by atoms with Gasteiger partial charge in [0.2, 0.25) is 10.0 Å². The van der Waals surface area contributed by atoms with Crippen LogP contribution in [0.25, 0.3) is 0 Å². The highest BCUT2D eigenvalue weighted by atomic mass is 79.9. The van der Waals surface area contributed by atoms with E-state index in [1.807, 2.05) is 30.3 Å². The zero-order valence-electron chi connectivity index (χ0n) is 17.3. The number of nitrogens with zero attached hydrogens (tertiary/aromatic N) is 1. The van der Waals surface area contributed by atoms with Gasteiger partial charge in [0, 0.05) is 32.7 Å². The minimum atomic E-state index is -3.92. The third-order valence-corrected chi connectivity index (χ3v) is 7.99. The molecule has 2 N–H and O–H groups in total. The number of aliphatic hydroxyl groups is 1. The van der Waals surface area contributed by atoms with Crippen LogP contribution in [0.3, 0.4) is 0 Å². The third-order valence-electron chi connectivity index (χ3n) is 5.31. The zero-order chi connectivity index (χ0) is 23.6. The Morgan fingerprint density at radius 3 is 2.42 bits per heavy atom. The lowest BCUT2D eigenvalue weighted by molar-refractivity contribution is 0.0712. The first-order valence-corrected chi connectivity index (χ1v) is 13.2. The van der Waals surface area contributed by atoms with Crippen LogP contribution in [-0.4, -0.2) is 30.7 Å². The van der Waals surface area contributed by atoms with Crippen molar-refractivity contribution >= 4 is 49.2 Å². The molecule has 0 unspecified atom stereocenters. The normalized spacial score (nSPS) is 18.1. The Balaban J connectivity index is 1.65. The van der Waals surface area contributed by atoms with Crippen molar-refractivity contribution in [3.8, 4) is 5.75 Å². The van der Waals surface area contributed by atoms with Gasteiger partial charge in [0.15, 0.2) is 5.75 Å². The topological polar surface area (TPSA) is 88.5 Å². The molecule has 1 aromatic heterocycles. The van der Waals surface area contributed by atoms with Gasteiger partial charge < -0.3 is 9.84 Å². The average molecular weight is 572 g/mol. The predicted octanol–water partition coefficient (Wildman–Crippen LogP) is 5.12. The van der Waals surface area contributed by atoms with E-state index in [4.69, 9.17) is 27.9 Å². The summed E-state index contributed by atoms with van der Waals surface area (Å²) in [4.78, 5) is 4.38. The molecule has 0 aliphatic heterocycles. The molecule has 33 heavy (non-hydrogen) atoms. The van der Waals surface area contributed by atoms with Crippen LogP contribution in [0, 0.1) is 0 Å². The van der Waals surface area contributed by atoms with Crippen molar-refractivity contribution in [2.24, 2.45) is 0 Å². The quantitative estimate of drug-likeness (QED) is 0.391. The van der Waals surface area contributed by atoms with E-state index in [0.29, 0.717) is 34.1 Å². The van der Waals surface area contributed by atoms with Gasteiger partial charge in [-0.2, -0.15) is 0 Å². The van der Waals surface area contributed by atoms with Gasteiger partial charge in [0.05, 0.1) is 12.3 Å². The third kappa shape index (κ3) is 6.07. The number of benzene rings is 2. The Hall–Kier alpha value is -1.68. The van der Waals surface area contributed by atoms with E-state index in [1.165, 1.54) is 12.3 Å². The van der Waals surface area contributed by atoms with E-state index in [1.54, 1.807) is 12.1 Å². The lowest BCUT2D eigenvalue weighted by Crippen LogP contribution is -2.46. The average Bonchev–Trinajstić information content (AvgIpc) is 2.74. The summed E-state index contributed by atoms with van der Waals surface area (Å²) in [5, 5.41) is 10.4. The number of ether oxygens (including phenoxy) is 1. The van der Waals surface area contributed by atoms with Gasteiger partial charge in [-0.25, -0.2) is 13.1 Å². The molecule has 1 fully saturated rings. The summed E-state index contributed by atoms with van der Waals surface area (Å²) in [5.74, 6) is 0.142. The Morgan fingerprint density at radius 2 is 1.79 bits per heavy atom. The summed E-state index contributed by atoms with van der Waals surface area (Å²) in [6, 6.07) is 14.0. The van der Waals surface area contributed by atoms with E-state index < -0.39 is 16.1 Å². The van der Waals surface area contributed by atoms with Crippen molar-refractivity contribution in [2.45, 2.75) is 42.9 Å². The molecule has 6 nitrogen and oxygen atoms in total. The number of rotatable bonds is 8. The molecule has 0 spiro atoms. The van der Waals surface area contributed by atoms with Gasteiger partial charge in [-0.1, -0.05) is 69.5 Å². The first kappa shape index (κ1) is 24.4. The molecule has 1 heterocycles. The van der Waals surface area contributed by atoms with Gasteiger partial charge >= 0.3 is 0 Å². The minimum absolute atomic E-state index is 0.0193. The molecule has 0 saturated heterocycles. The number of sulfonamides is 1. The molecule has 0 amide bonds. The highest BCUT2D eigenvalue weighted by Gasteiger charge is 2.33. The fourth-order valence-corrected chi connectivity index (χ4v) is 6.27. The number of halogens is 3. The van der Waals surface area contributed by atoms with Crippen LogP contribution in [-0.2, 0) is 23.1 Å². The molecule has 2 aromatic carbocycles. The molecular weight excluding hydrogens is 551 g/mol. The molecule has 0 atom stereocenters. The number of hydrogen-bond donors (Lipinski definition) is 2. The maximum Gasteiger partial charge on any atom is 0.244 e. The predicted molar refractivity (Wildman–Crippen MR) is 131 cm³/mol. The standard InChI is InChI=1S/C23H21BrCl2N2O4S/c24-15-6-20(25)19(21(26)7-15)10-16-11-23(33(30,31)28-17-8-18(29)9-17)22(12-27-16)32-13-14-4-2-1-3-5-14/h1-7,11-12,17-18,28-29H,8-10,13H2/t17-,18-. The highest BCUT2D eigenvalue weighted by molar-refractivity contribution is 9.10. The van der Waals surface area contributed by atoms with Crippen molar-refractivity contribution in [1.29, 1.82) is 0 Å². The van der Waals surface area contributed by atoms with Crippen LogP contribution in [0.1, 0.15) is 29.7 Å². The Morgan fingerprint density at radius 1 is 1.12 bits per heavy atom.